The molecule has 172 valence electrons. The minimum atomic E-state index is -0.979. The average Bonchev–Trinajstić information content (AvgIpc) is 2.79. The van der Waals surface area contributed by atoms with Crippen molar-refractivity contribution in [1.29, 1.82) is 0 Å². The van der Waals surface area contributed by atoms with Crippen LogP contribution in [0.3, 0.4) is 0 Å². The summed E-state index contributed by atoms with van der Waals surface area (Å²) in [5, 5.41) is 14.5. The smallest absolute Gasteiger partial charge is 0.307 e. The van der Waals surface area contributed by atoms with Gasteiger partial charge in [-0.15, -0.1) is 11.8 Å². The molecule has 9 heteroatoms. The molecule has 1 aliphatic carbocycles. The number of aliphatic carboxylic acids is 1. The molecule has 0 bridgehead atoms. The van der Waals surface area contributed by atoms with E-state index in [0.717, 1.165) is 4.90 Å². The number of benzene rings is 2. The lowest BCUT2D eigenvalue weighted by Crippen LogP contribution is -2.34. The van der Waals surface area contributed by atoms with E-state index in [9.17, 15) is 24.3 Å². The van der Waals surface area contributed by atoms with E-state index in [2.05, 4.69) is 10.6 Å². The van der Waals surface area contributed by atoms with Gasteiger partial charge in [-0.1, -0.05) is 18.2 Å². The first kappa shape index (κ1) is 24.1. The van der Waals surface area contributed by atoms with E-state index in [1.807, 2.05) is 12.1 Å². The van der Waals surface area contributed by atoms with Crippen LogP contribution < -0.4 is 16.4 Å². The number of carbonyl (C=O) groups excluding carboxylic acids is 3. The number of carbonyl (C=O) groups is 4. The second-order valence-corrected chi connectivity index (χ2v) is 9.12. The Morgan fingerprint density at radius 2 is 1.64 bits per heavy atom. The van der Waals surface area contributed by atoms with E-state index < -0.39 is 29.0 Å². The van der Waals surface area contributed by atoms with E-state index >= 15 is 0 Å². The molecule has 0 heterocycles. The average molecular weight is 468 g/mol. The minimum absolute atomic E-state index is 0.223. The molecule has 0 saturated carbocycles. The lowest BCUT2D eigenvalue weighted by atomic mass is 9.82. The van der Waals surface area contributed by atoms with Gasteiger partial charge in [0.25, 0.3) is 0 Å². The van der Waals surface area contributed by atoms with E-state index in [4.69, 9.17) is 5.73 Å². The van der Waals surface area contributed by atoms with Crippen molar-refractivity contribution in [3.8, 4) is 0 Å². The van der Waals surface area contributed by atoms with Crippen LogP contribution in [-0.4, -0.2) is 34.0 Å². The van der Waals surface area contributed by atoms with Crippen LogP contribution in [0, 0.1) is 11.8 Å². The van der Waals surface area contributed by atoms with Crippen LogP contribution in [0.25, 0.3) is 0 Å². The third-order valence-electron chi connectivity index (χ3n) is 5.31. The molecule has 3 amide bonds. The zero-order chi connectivity index (χ0) is 24.0. The fourth-order valence-electron chi connectivity index (χ4n) is 3.48. The topological polar surface area (TPSA) is 139 Å². The van der Waals surface area contributed by atoms with Crippen LogP contribution in [-0.2, 0) is 14.4 Å². The molecule has 0 radical (unpaired) electrons. The second kappa shape index (κ2) is 10.8. The maximum absolute atomic E-state index is 12.7. The maximum Gasteiger partial charge on any atom is 0.307 e. The predicted molar refractivity (Wildman–Crippen MR) is 127 cm³/mol. The van der Waals surface area contributed by atoms with Crippen molar-refractivity contribution in [3.63, 3.8) is 0 Å². The minimum Gasteiger partial charge on any atom is -0.481 e. The number of rotatable bonds is 8. The zero-order valence-corrected chi connectivity index (χ0v) is 18.8. The van der Waals surface area contributed by atoms with Gasteiger partial charge in [-0.25, -0.2) is 0 Å². The van der Waals surface area contributed by atoms with Gasteiger partial charge in [0.2, 0.25) is 17.7 Å². The van der Waals surface area contributed by atoms with Crippen LogP contribution in [0.2, 0.25) is 0 Å². The quantitative estimate of drug-likeness (QED) is 0.346. The highest BCUT2D eigenvalue weighted by Crippen LogP contribution is 2.29. The number of hydrogen-bond acceptors (Lipinski definition) is 5. The molecule has 2 aromatic carbocycles. The molecule has 5 N–H and O–H groups in total. The van der Waals surface area contributed by atoms with Crippen molar-refractivity contribution in [3.05, 3.63) is 66.2 Å². The highest BCUT2D eigenvalue weighted by Gasteiger charge is 2.34. The van der Waals surface area contributed by atoms with Crippen molar-refractivity contribution in [2.45, 2.75) is 29.9 Å². The lowest BCUT2D eigenvalue weighted by molar-refractivity contribution is -0.146. The molecule has 1 aliphatic rings. The normalized spacial score (nSPS) is 18.2. The predicted octanol–water partition coefficient (Wildman–Crippen LogP) is 3.51. The lowest BCUT2D eigenvalue weighted by Gasteiger charge is -2.24. The molecule has 2 aromatic rings. The number of carboxylic acid groups (broad SMARTS) is 1. The molecule has 33 heavy (non-hydrogen) atoms. The van der Waals surface area contributed by atoms with Gasteiger partial charge in [-0.3, -0.25) is 19.2 Å². The number of primary amides is 1. The molecule has 3 atom stereocenters. The van der Waals surface area contributed by atoms with Crippen LogP contribution in [0.5, 0.6) is 0 Å². The molecule has 3 unspecified atom stereocenters. The molecule has 0 aromatic heterocycles. The third kappa shape index (κ3) is 6.45. The molecular formula is C24H25N3O5S. The number of nitrogens with one attached hydrogen (secondary N) is 2. The Bertz CT molecular complexity index is 1080. The van der Waals surface area contributed by atoms with Crippen molar-refractivity contribution >= 4 is 46.8 Å². The highest BCUT2D eigenvalue weighted by atomic mass is 32.2. The van der Waals surface area contributed by atoms with Crippen LogP contribution in [0.1, 0.15) is 30.1 Å². The first-order valence-electron chi connectivity index (χ1n) is 10.4. The summed E-state index contributed by atoms with van der Waals surface area (Å²) in [6.45, 7) is 1.76. The summed E-state index contributed by atoms with van der Waals surface area (Å²) in [6, 6.07) is 13.4. The second-order valence-electron chi connectivity index (χ2n) is 7.70. The number of allylic oxidation sites excluding steroid dienone is 2. The molecule has 3 rings (SSSR count). The SMILES string of the molecule is CC(Sc1cccc(NC(=O)C2CC=CCC2C(=O)O)c1)C(=O)Nc1ccc(C(N)=O)cc1. The molecule has 8 nitrogen and oxygen atoms in total. The Balaban J connectivity index is 1.60. The summed E-state index contributed by atoms with van der Waals surface area (Å²) < 4.78 is 0. The van der Waals surface area contributed by atoms with Crippen molar-refractivity contribution in [1.82, 2.24) is 0 Å². The number of thioether (sulfide) groups is 1. The summed E-state index contributed by atoms with van der Waals surface area (Å²) in [7, 11) is 0. The number of nitrogens with two attached hydrogens (primary N) is 1. The van der Waals surface area contributed by atoms with Crippen molar-refractivity contribution in [2.24, 2.45) is 17.6 Å². The molecule has 0 aliphatic heterocycles. The maximum atomic E-state index is 12.7. The molecule has 0 saturated heterocycles. The van der Waals surface area contributed by atoms with Gasteiger partial charge in [-0.05, 0) is 62.2 Å². The van der Waals surface area contributed by atoms with Crippen LogP contribution in [0.15, 0.2) is 65.6 Å². The summed E-state index contributed by atoms with van der Waals surface area (Å²) >= 11 is 1.32. The Morgan fingerprint density at radius 1 is 0.970 bits per heavy atom. The Labute approximate surface area is 195 Å². The van der Waals surface area contributed by atoms with E-state index in [1.165, 1.54) is 11.8 Å². The fraction of sp³-hybridized carbons (Fsp3) is 0.250. The first-order valence-corrected chi connectivity index (χ1v) is 11.3. The Morgan fingerprint density at radius 3 is 2.27 bits per heavy atom. The van der Waals surface area contributed by atoms with Crippen molar-refractivity contribution in [2.75, 3.05) is 10.6 Å². The summed E-state index contributed by atoms with van der Waals surface area (Å²) in [4.78, 5) is 48.6. The molecule has 0 fully saturated rings. The van der Waals surface area contributed by atoms with Crippen molar-refractivity contribution < 1.29 is 24.3 Å². The fourth-order valence-corrected chi connectivity index (χ4v) is 4.40. The van der Waals surface area contributed by atoms with Gasteiger partial charge in [0, 0.05) is 21.8 Å². The van der Waals surface area contributed by atoms with Gasteiger partial charge >= 0.3 is 5.97 Å². The van der Waals surface area contributed by atoms with Gasteiger partial charge in [0.15, 0.2) is 0 Å². The highest BCUT2D eigenvalue weighted by molar-refractivity contribution is 8.00. The largest absolute Gasteiger partial charge is 0.481 e. The number of anilines is 2. The van der Waals surface area contributed by atoms with E-state index in [0.29, 0.717) is 29.8 Å². The zero-order valence-electron chi connectivity index (χ0n) is 18.0. The van der Waals surface area contributed by atoms with E-state index in [-0.39, 0.29) is 11.8 Å². The Hall–Kier alpha value is -3.59. The number of carboxylic acids is 1. The Kier molecular flexibility index (Phi) is 7.89. The van der Waals surface area contributed by atoms with Gasteiger partial charge in [0.1, 0.15) is 0 Å². The summed E-state index contributed by atoms with van der Waals surface area (Å²) in [5.41, 5.74) is 6.66. The van der Waals surface area contributed by atoms with E-state index in [1.54, 1.807) is 55.5 Å². The molecular weight excluding hydrogens is 442 g/mol. The van der Waals surface area contributed by atoms with Gasteiger partial charge in [-0.2, -0.15) is 0 Å². The molecule has 0 spiro atoms. The standard InChI is InChI=1S/C24H25N3O5S/c1-14(22(29)26-16-11-9-15(10-12-16)21(25)28)33-18-6-4-5-17(13-18)27-23(30)19-7-2-3-8-20(19)24(31)32/h2-6,9-14,19-20H,7-8H2,1H3,(H2,25,28)(H,26,29)(H,27,30)(H,31,32). The number of amides is 3. The monoisotopic (exact) mass is 467 g/mol. The number of hydrogen-bond donors (Lipinski definition) is 4. The summed E-state index contributed by atoms with van der Waals surface area (Å²) in [5.74, 6) is -3.45. The van der Waals surface area contributed by atoms with Crippen LogP contribution in [0.4, 0.5) is 11.4 Å². The third-order valence-corrected chi connectivity index (χ3v) is 6.40. The van der Waals surface area contributed by atoms with Gasteiger partial charge < -0.3 is 21.5 Å². The first-order chi connectivity index (χ1) is 15.7. The van der Waals surface area contributed by atoms with Crippen LogP contribution >= 0.6 is 11.8 Å². The van der Waals surface area contributed by atoms with Gasteiger partial charge in [0.05, 0.1) is 17.1 Å². The summed E-state index contributed by atoms with van der Waals surface area (Å²) in [6.07, 6.45) is 4.34.